The fourth-order valence-electron chi connectivity index (χ4n) is 2.07. The van der Waals surface area contributed by atoms with E-state index in [-0.39, 0.29) is 11.9 Å². The predicted octanol–water partition coefficient (Wildman–Crippen LogP) is 1.59. The van der Waals surface area contributed by atoms with Gasteiger partial charge < -0.3 is 10.1 Å². The lowest BCUT2D eigenvalue weighted by Crippen LogP contribution is -2.42. The van der Waals surface area contributed by atoms with Crippen LogP contribution in [0.1, 0.15) is 24.3 Å². The number of nitrogens with one attached hydrogen (secondary N) is 1. The van der Waals surface area contributed by atoms with E-state index in [4.69, 9.17) is 10.00 Å². The molecule has 0 spiro atoms. The van der Waals surface area contributed by atoms with Crippen LogP contribution in [0, 0.1) is 11.3 Å². The van der Waals surface area contributed by atoms with Gasteiger partial charge in [0.1, 0.15) is 5.92 Å². The Labute approximate surface area is 107 Å². The van der Waals surface area contributed by atoms with Gasteiger partial charge in [0.15, 0.2) is 0 Å². The van der Waals surface area contributed by atoms with Crippen molar-refractivity contribution in [2.24, 2.45) is 0 Å². The lowest BCUT2D eigenvalue weighted by Gasteiger charge is -2.24. The molecule has 1 aromatic carbocycles. The molecule has 0 saturated carbocycles. The summed E-state index contributed by atoms with van der Waals surface area (Å²) in [5.74, 6) is -0.979. The van der Waals surface area contributed by atoms with Gasteiger partial charge in [-0.15, -0.1) is 0 Å². The van der Waals surface area contributed by atoms with Crippen LogP contribution < -0.4 is 5.32 Å². The molecule has 1 heterocycles. The average Bonchev–Trinajstić information content (AvgIpc) is 2.42. The largest absolute Gasteiger partial charge is 0.379 e. The van der Waals surface area contributed by atoms with E-state index in [2.05, 4.69) is 11.4 Å². The van der Waals surface area contributed by atoms with Crippen molar-refractivity contribution in [2.45, 2.75) is 24.8 Å². The lowest BCUT2D eigenvalue weighted by molar-refractivity contribution is -0.123. The molecule has 0 aliphatic carbocycles. The Morgan fingerprint density at radius 2 is 2.22 bits per heavy atom. The number of nitriles is 1. The minimum Gasteiger partial charge on any atom is -0.379 e. The van der Waals surface area contributed by atoms with E-state index < -0.39 is 5.92 Å². The van der Waals surface area contributed by atoms with E-state index in [9.17, 15) is 4.79 Å². The van der Waals surface area contributed by atoms with Gasteiger partial charge in [-0.1, -0.05) is 30.3 Å². The smallest absolute Gasteiger partial charge is 0.242 e. The predicted molar refractivity (Wildman–Crippen MR) is 66.8 cm³/mol. The van der Waals surface area contributed by atoms with Crippen LogP contribution in [0.4, 0.5) is 0 Å². The third-order valence-corrected chi connectivity index (χ3v) is 3.03. The first-order valence-electron chi connectivity index (χ1n) is 6.14. The second-order valence-corrected chi connectivity index (χ2v) is 4.40. The monoisotopic (exact) mass is 244 g/mol. The highest BCUT2D eigenvalue weighted by atomic mass is 16.5. The summed E-state index contributed by atoms with van der Waals surface area (Å²) in [6.07, 6.45) is 1.87. The molecular weight excluding hydrogens is 228 g/mol. The van der Waals surface area contributed by atoms with Gasteiger partial charge in [-0.25, -0.2) is 0 Å². The van der Waals surface area contributed by atoms with E-state index in [1.54, 1.807) is 12.1 Å². The molecule has 18 heavy (non-hydrogen) atoms. The van der Waals surface area contributed by atoms with Crippen molar-refractivity contribution in [1.29, 1.82) is 5.26 Å². The molecule has 2 rings (SSSR count). The van der Waals surface area contributed by atoms with Crippen LogP contribution in [0.2, 0.25) is 0 Å². The molecule has 94 valence electrons. The highest BCUT2D eigenvalue weighted by Gasteiger charge is 2.23. The van der Waals surface area contributed by atoms with Crippen molar-refractivity contribution in [1.82, 2.24) is 5.32 Å². The Morgan fingerprint density at radius 1 is 1.44 bits per heavy atom. The van der Waals surface area contributed by atoms with Gasteiger partial charge in [0.25, 0.3) is 0 Å². The molecule has 0 aromatic heterocycles. The molecule has 2 unspecified atom stereocenters. The quantitative estimate of drug-likeness (QED) is 0.878. The van der Waals surface area contributed by atoms with E-state index in [0.717, 1.165) is 25.0 Å². The SMILES string of the molecule is N#CC(C(=O)NC1CCCOC1)c1ccccc1. The molecule has 1 saturated heterocycles. The summed E-state index contributed by atoms with van der Waals surface area (Å²) in [4.78, 5) is 12.1. The second-order valence-electron chi connectivity index (χ2n) is 4.40. The maximum atomic E-state index is 12.1. The summed E-state index contributed by atoms with van der Waals surface area (Å²) in [7, 11) is 0. The number of rotatable bonds is 3. The summed E-state index contributed by atoms with van der Waals surface area (Å²) < 4.78 is 5.30. The maximum absolute atomic E-state index is 12.1. The van der Waals surface area contributed by atoms with Crippen LogP contribution in [0.15, 0.2) is 30.3 Å². The van der Waals surface area contributed by atoms with Crippen LogP contribution in [0.25, 0.3) is 0 Å². The van der Waals surface area contributed by atoms with Gasteiger partial charge in [-0.05, 0) is 18.4 Å². The van der Waals surface area contributed by atoms with Crippen LogP contribution in [-0.2, 0) is 9.53 Å². The molecule has 2 atom stereocenters. The maximum Gasteiger partial charge on any atom is 0.242 e. The molecule has 1 aliphatic rings. The number of carbonyl (C=O) groups is 1. The number of ether oxygens (including phenoxy) is 1. The minimum absolute atomic E-state index is 0.0332. The van der Waals surface area contributed by atoms with Crippen LogP contribution in [0.3, 0.4) is 0 Å². The van der Waals surface area contributed by atoms with E-state index in [1.165, 1.54) is 0 Å². The highest BCUT2D eigenvalue weighted by molar-refractivity contribution is 5.86. The summed E-state index contributed by atoms with van der Waals surface area (Å²) in [6.45, 7) is 1.30. The lowest BCUT2D eigenvalue weighted by atomic mass is 9.99. The van der Waals surface area contributed by atoms with Crippen molar-refractivity contribution in [3.63, 3.8) is 0 Å². The number of amides is 1. The minimum atomic E-state index is -0.742. The van der Waals surface area contributed by atoms with E-state index in [0.29, 0.717) is 6.61 Å². The van der Waals surface area contributed by atoms with Gasteiger partial charge in [0.2, 0.25) is 5.91 Å². The number of hydrogen-bond donors (Lipinski definition) is 1. The summed E-state index contributed by atoms with van der Waals surface area (Å²) >= 11 is 0. The molecular formula is C14H16N2O2. The van der Waals surface area contributed by atoms with Gasteiger partial charge >= 0.3 is 0 Å². The fraction of sp³-hybridized carbons (Fsp3) is 0.429. The molecule has 1 N–H and O–H groups in total. The zero-order valence-electron chi connectivity index (χ0n) is 10.1. The van der Waals surface area contributed by atoms with E-state index >= 15 is 0 Å². The third kappa shape index (κ3) is 3.08. The van der Waals surface area contributed by atoms with Crippen molar-refractivity contribution in [2.75, 3.05) is 13.2 Å². The first-order valence-corrected chi connectivity index (χ1v) is 6.14. The topological polar surface area (TPSA) is 62.1 Å². The molecule has 1 aliphatic heterocycles. The van der Waals surface area contributed by atoms with Crippen molar-refractivity contribution in [3.8, 4) is 6.07 Å². The Morgan fingerprint density at radius 3 is 2.83 bits per heavy atom. The normalized spacial score (nSPS) is 20.7. The fourth-order valence-corrected chi connectivity index (χ4v) is 2.07. The summed E-state index contributed by atoms with van der Waals surface area (Å²) in [6, 6.07) is 11.2. The highest BCUT2D eigenvalue weighted by Crippen LogP contribution is 2.16. The average molecular weight is 244 g/mol. The van der Waals surface area contributed by atoms with E-state index in [1.807, 2.05) is 18.2 Å². The number of carbonyl (C=O) groups excluding carboxylic acids is 1. The van der Waals surface area contributed by atoms with Gasteiger partial charge in [-0.2, -0.15) is 5.26 Å². The van der Waals surface area contributed by atoms with Crippen molar-refractivity contribution < 1.29 is 9.53 Å². The number of nitrogens with zero attached hydrogens (tertiary/aromatic N) is 1. The van der Waals surface area contributed by atoms with Crippen LogP contribution >= 0.6 is 0 Å². The molecule has 4 nitrogen and oxygen atoms in total. The molecule has 1 fully saturated rings. The zero-order valence-corrected chi connectivity index (χ0v) is 10.1. The molecule has 1 amide bonds. The summed E-state index contributed by atoms with van der Waals surface area (Å²) in [5, 5.41) is 12.0. The number of benzene rings is 1. The van der Waals surface area contributed by atoms with Gasteiger partial charge in [-0.3, -0.25) is 4.79 Å². The molecule has 0 radical (unpaired) electrons. The Bertz CT molecular complexity index is 433. The molecule has 4 heteroatoms. The van der Waals surface area contributed by atoms with Crippen molar-refractivity contribution >= 4 is 5.91 Å². The van der Waals surface area contributed by atoms with Crippen molar-refractivity contribution in [3.05, 3.63) is 35.9 Å². The van der Waals surface area contributed by atoms with Crippen LogP contribution in [-0.4, -0.2) is 25.2 Å². The second kappa shape index (κ2) is 6.18. The number of hydrogen-bond acceptors (Lipinski definition) is 3. The van der Waals surface area contributed by atoms with Crippen LogP contribution in [0.5, 0.6) is 0 Å². The standard InChI is InChI=1S/C14H16N2O2/c15-9-13(11-5-2-1-3-6-11)14(17)16-12-7-4-8-18-10-12/h1-3,5-6,12-13H,4,7-8,10H2,(H,16,17). The summed E-state index contributed by atoms with van der Waals surface area (Å²) in [5.41, 5.74) is 0.731. The first-order chi connectivity index (χ1) is 8.81. The Balaban J connectivity index is 2.00. The molecule has 1 aromatic rings. The Kier molecular flexibility index (Phi) is 4.32. The van der Waals surface area contributed by atoms with Gasteiger partial charge in [0.05, 0.1) is 18.7 Å². The first kappa shape index (κ1) is 12.6. The molecule has 0 bridgehead atoms. The Hall–Kier alpha value is -1.86. The zero-order chi connectivity index (χ0) is 12.8. The third-order valence-electron chi connectivity index (χ3n) is 3.03. The van der Waals surface area contributed by atoms with Gasteiger partial charge in [0, 0.05) is 6.61 Å².